The molecule has 1 atom stereocenters. The number of hydrogen-bond donors (Lipinski definition) is 1. The number of amides is 2. The lowest BCUT2D eigenvalue weighted by atomic mass is 10.0. The Balaban J connectivity index is 1.99. The smallest absolute Gasteiger partial charge is 0.249 e. The molecule has 1 aromatic carbocycles. The number of fused-ring (bicyclic) bond motifs is 3. The lowest BCUT2D eigenvalue weighted by Gasteiger charge is -2.23. The van der Waals surface area contributed by atoms with Crippen molar-refractivity contribution in [1.82, 2.24) is 14.9 Å². The van der Waals surface area contributed by atoms with Gasteiger partial charge in [-0.05, 0) is 42.2 Å². The average Bonchev–Trinajstić information content (AvgIpc) is 2.89. The second-order valence-corrected chi connectivity index (χ2v) is 6.64. The predicted molar refractivity (Wildman–Crippen MR) is 92.7 cm³/mol. The summed E-state index contributed by atoms with van der Waals surface area (Å²) >= 11 is 0. The normalized spacial score (nSPS) is 18.5. The van der Waals surface area contributed by atoms with E-state index in [1.807, 2.05) is 16.7 Å². The van der Waals surface area contributed by atoms with Crippen molar-refractivity contribution in [3.05, 3.63) is 42.1 Å². The van der Waals surface area contributed by atoms with E-state index in [1.165, 1.54) is 5.56 Å². The van der Waals surface area contributed by atoms with Crippen LogP contribution in [-0.4, -0.2) is 21.4 Å². The molecule has 0 aliphatic carbocycles. The molecule has 1 fully saturated rings. The van der Waals surface area contributed by atoms with Gasteiger partial charge in [0.1, 0.15) is 11.7 Å². The summed E-state index contributed by atoms with van der Waals surface area (Å²) < 4.78 is 1.98. The highest BCUT2D eigenvalue weighted by Crippen LogP contribution is 2.34. The molecule has 0 unspecified atom stereocenters. The van der Waals surface area contributed by atoms with Gasteiger partial charge in [0.05, 0.1) is 5.52 Å². The van der Waals surface area contributed by atoms with Crippen molar-refractivity contribution >= 4 is 33.8 Å². The van der Waals surface area contributed by atoms with E-state index in [9.17, 15) is 9.59 Å². The van der Waals surface area contributed by atoms with Crippen LogP contribution in [0.15, 0.2) is 36.5 Å². The van der Waals surface area contributed by atoms with Crippen molar-refractivity contribution in [2.24, 2.45) is 0 Å². The number of nitrogens with one attached hydrogen (secondary N) is 1. The average molecular weight is 321 g/mol. The number of imide groups is 1. The maximum atomic E-state index is 12.4. The molecule has 24 heavy (non-hydrogen) atoms. The third-order valence-electron chi connectivity index (χ3n) is 4.77. The lowest BCUT2D eigenvalue weighted by molar-refractivity contribution is -0.135. The van der Waals surface area contributed by atoms with Gasteiger partial charge in [-0.1, -0.05) is 19.9 Å². The Labute approximate surface area is 139 Å². The standard InChI is InChI=1S/C19H19N3O2/c1-11(2)12-5-6-15-14(10-12)13-4-3-9-20-18(13)22(15)16-7-8-17(23)21-19(16)24/h3-6,9-11,16H,7-8H2,1-2H3,(H,21,23,24)/t16-/m0/s1. The van der Waals surface area contributed by atoms with E-state index in [0.717, 1.165) is 21.9 Å². The van der Waals surface area contributed by atoms with Crippen LogP contribution in [0.1, 0.15) is 44.2 Å². The Morgan fingerprint density at radius 3 is 2.79 bits per heavy atom. The van der Waals surface area contributed by atoms with Gasteiger partial charge < -0.3 is 4.57 Å². The molecule has 3 aromatic rings. The first-order valence-electron chi connectivity index (χ1n) is 8.28. The molecular weight excluding hydrogens is 302 g/mol. The van der Waals surface area contributed by atoms with Crippen molar-refractivity contribution < 1.29 is 9.59 Å². The number of rotatable bonds is 2. The van der Waals surface area contributed by atoms with Gasteiger partial charge in [-0.15, -0.1) is 0 Å². The van der Waals surface area contributed by atoms with Crippen LogP contribution >= 0.6 is 0 Å². The molecule has 0 saturated carbocycles. The van der Waals surface area contributed by atoms with Gasteiger partial charge in [0.25, 0.3) is 0 Å². The maximum Gasteiger partial charge on any atom is 0.249 e. The molecule has 5 nitrogen and oxygen atoms in total. The van der Waals surface area contributed by atoms with Gasteiger partial charge in [0, 0.05) is 23.4 Å². The molecule has 1 aliphatic rings. The monoisotopic (exact) mass is 321 g/mol. The molecule has 1 aliphatic heterocycles. The highest BCUT2D eigenvalue weighted by Gasteiger charge is 2.30. The quantitative estimate of drug-likeness (QED) is 0.737. The van der Waals surface area contributed by atoms with Crippen molar-refractivity contribution in [2.45, 2.75) is 38.6 Å². The SMILES string of the molecule is CC(C)c1ccc2c(c1)c1cccnc1n2[C@H]1CCC(=O)NC1=O. The molecule has 0 spiro atoms. The molecule has 0 bridgehead atoms. The van der Waals surface area contributed by atoms with E-state index in [0.29, 0.717) is 18.8 Å². The van der Waals surface area contributed by atoms with E-state index in [4.69, 9.17) is 0 Å². The van der Waals surface area contributed by atoms with E-state index < -0.39 is 6.04 Å². The van der Waals surface area contributed by atoms with Gasteiger partial charge in [0.2, 0.25) is 11.8 Å². The Morgan fingerprint density at radius 2 is 2.04 bits per heavy atom. The number of carbonyl (C=O) groups excluding carboxylic acids is 2. The molecule has 1 saturated heterocycles. The first-order valence-corrected chi connectivity index (χ1v) is 8.28. The zero-order valence-corrected chi connectivity index (χ0v) is 13.7. The topological polar surface area (TPSA) is 64.0 Å². The molecular formula is C19H19N3O2. The molecule has 0 radical (unpaired) electrons. The van der Waals surface area contributed by atoms with Crippen LogP contribution in [0.5, 0.6) is 0 Å². The van der Waals surface area contributed by atoms with Crippen LogP contribution in [0.4, 0.5) is 0 Å². The first kappa shape index (κ1) is 14.9. The molecule has 4 rings (SSSR count). The minimum atomic E-state index is -0.400. The lowest BCUT2D eigenvalue weighted by Crippen LogP contribution is -2.41. The summed E-state index contributed by atoms with van der Waals surface area (Å²) in [4.78, 5) is 28.4. The van der Waals surface area contributed by atoms with Gasteiger partial charge in [-0.25, -0.2) is 4.98 Å². The van der Waals surface area contributed by atoms with Gasteiger partial charge >= 0.3 is 0 Å². The second kappa shape index (κ2) is 5.44. The van der Waals surface area contributed by atoms with Crippen molar-refractivity contribution in [3.63, 3.8) is 0 Å². The summed E-state index contributed by atoms with van der Waals surface area (Å²) in [5.41, 5.74) is 3.04. The highest BCUT2D eigenvalue weighted by atomic mass is 16.2. The summed E-state index contributed by atoms with van der Waals surface area (Å²) in [5.74, 6) is -0.0178. The number of nitrogens with zero attached hydrogens (tertiary/aromatic N) is 2. The zero-order valence-electron chi connectivity index (χ0n) is 13.7. The summed E-state index contributed by atoms with van der Waals surface area (Å²) in [6.45, 7) is 4.33. The number of aromatic nitrogens is 2. The van der Waals surface area contributed by atoms with Crippen LogP contribution in [0.3, 0.4) is 0 Å². The number of benzene rings is 1. The fraction of sp³-hybridized carbons (Fsp3) is 0.316. The molecule has 5 heteroatoms. The van der Waals surface area contributed by atoms with Crippen LogP contribution in [0.25, 0.3) is 21.9 Å². The third kappa shape index (κ3) is 2.19. The van der Waals surface area contributed by atoms with Crippen molar-refractivity contribution in [2.75, 3.05) is 0 Å². The van der Waals surface area contributed by atoms with E-state index in [1.54, 1.807) is 6.20 Å². The zero-order chi connectivity index (χ0) is 16.8. The molecule has 2 aromatic heterocycles. The van der Waals surface area contributed by atoms with Crippen LogP contribution in [0.2, 0.25) is 0 Å². The summed E-state index contributed by atoms with van der Waals surface area (Å²) in [6.07, 6.45) is 2.60. The van der Waals surface area contributed by atoms with Gasteiger partial charge in [-0.3, -0.25) is 14.9 Å². The predicted octanol–water partition coefficient (Wildman–Crippen LogP) is 3.29. The molecule has 1 N–H and O–H groups in total. The van der Waals surface area contributed by atoms with Crippen LogP contribution < -0.4 is 5.32 Å². The fourth-order valence-electron chi connectivity index (χ4n) is 3.50. The van der Waals surface area contributed by atoms with E-state index in [2.05, 4.69) is 42.3 Å². The Kier molecular flexibility index (Phi) is 3.37. The number of carbonyl (C=O) groups is 2. The largest absolute Gasteiger partial charge is 0.313 e. The van der Waals surface area contributed by atoms with Crippen LogP contribution in [0, 0.1) is 0 Å². The Bertz CT molecular complexity index is 971. The Hall–Kier alpha value is -2.69. The number of hydrogen-bond acceptors (Lipinski definition) is 3. The minimum Gasteiger partial charge on any atom is -0.313 e. The van der Waals surface area contributed by atoms with Crippen molar-refractivity contribution in [1.29, 1.82) is 0 Å². The summed E-state index contributed by atoms with van der Waals surface area (Å²) in [6, 6.07) is 9.91. The van der Waals surface area contributed by atoms with Crippen molar-refractivity contribution in [3.8, 4) is 0 Å². The van der Waals surface area contributed by atoms with Gasteiger partial charge in [0.15, 0.2) is 0 Å². The molecule has 2 amide bonds. The maximum absolute atomic E-state index is 12.4. The fourth-order valence-corrected chi connectivity index (χ4v) is 3.50. The Morgan fingerprint density at radius 1 is 1.21 bits per heavy atom. The van der Waals surface area contributed by atoms with Gasteiger partial charge in [-0.2, -0.15) is 0 Å². The van der Waals surface area contributed by atoms with Crippen LogP contribution in [-0.2, 0) is 9.59 Å². The highest BCUT2D eigenvalue weighted by molar-refractivity contribution is 6.09. The van der Waals surface area contributed by atoms with E-state index in [-0.39, 0.29) is 11.8 Å². The first-order chi connectivity index (χ1) is 11.6. The van der Waals surface area contributed by atoms with E-state index >= 15 is 0 Å². The summed E-state index contributed by atoms with van der Waals surface area (Å²) in [7, 11) is 0. The number of pyridine rings is 1. The molecule has 122 valence electrons. The summed E-state index contributed by atoms with van der Waals surface area (Å²) in [5, 5.41) is 4.60. The molecule has 3 heterocycles. The minimum absolute atomic E-state index is 0.202. The number of piperidine rings is 1. The third-order valence-corrected chi connectivity index (χ3v) is 4.77. The second-order valence-electron chi connectivity index (χ2n) is 6.64.